The lowest BCUT2D eigenvalue weighted by Crippen LogP contribution is -1.83. The highest BCUT2D eigenvalue weighted by Crippen LogP contribution is 2.15. The first-order chi connectivity index (χ1) is 8.93. The van der Waals surface area contributed by atoms with Crippen LogP contribution in [-0.4, -0.2) is 5.75 Å². The quantitative estimate of drug-likeness (QED) is 0.255. The second-order valence-electron chi connectivity index (χ2n) is 5.20. The van der Waals surface area contributed by atoms with Gasteiger partial charge in [-0.25, -0.2) is 0 Å². The van der Waals surface area contributed by atoms with Crippen LogP contribution in [0.15, 0.2) is 29.5 Å². The molecular weight excluding hydrogens is 236 g/mol. The van der Waals surface area contributed by atoms with E-state index in [0.717, 1.165) is 5.75 Å². The van der Waals surface area contributed by atoms with E-state index in [1.807, 2.05) is 6.08 Å². The lowest BCUT2D eigenvalue weighted by molar-refractivity contribution is 0.557. The van der Waals surface area contributed by atoms with Gasteiger partial charge in [0.1, 0.15) is 0 Å². The third kappa shape index (κ3) is 8.66. The molecule has 102 valence electrons. The molecule has 1 aliphatic carbocycles. The minimum atomic E-state index is 1.06. The molecule has 0 aromatic rings. The van der Waals surface area contributed by atoms with E-state index >= 15 is 0 Å². The Morgan fingerprint density at radius 3 is 1.83 bits per heavy atom. The van der Waals surface area contributed by atoms with Crippen molar-refractivity contribution in [3.05, 3.63) is 29.5 Å². The Bertz CT molecular complexity index is 282. The van der Waals surface area contributed by atoms with Gasteiger partial charge in [0.15, 0.2) is 0 Å². The molecule has 0 N–H and O–H groups in total. The van der Waals surface area contributed by atoms with E-state index in [0.29, 0.717) is 0 Å². The second-order valence-corrected chi connectivity index (χ2v) is 5.65. The largest absolute Gasteiger partial charge is 0.179 e. The molecule has 0 radical (unpaired) electrons. The van der Waals surface area contributed by atoms with Gasteiger partial charge in [-0.3, -0.25) is 0 Å². The van der Waals surface area contributed by atoms with E-state index in [-0.39, 0.29) is 0 Å². The molecule has 1 aliphatic rings. The van der Waals surface area contributed by atoms with Crippen LogP contribution in [0.3, 0.4) is 0 Å². The summed E-state index contributed by atoms with van der Waals surface area (Å²) in [7, 11) is 0. The summed E-state index contributed by atoms with van der Waals surface area (Å²) in [5.74, 6) is 1.06. The number of hydrogen-bond donors (Lipinski definition) is 1. The van der Waals surface area contributed by atoms with Crippen molar-refractivity contribution in [1.82, 2.24) is 0 Å². The maximum absolute atomic E-state index is 4.23. The van der Waals surface area contributed by atoms with Gasteiger partial charge in [0.25, 0.3) is 0 Å². The van der Waals surface area contributed by atoms with Crippen LogP contribution in [0.2, 0.25) is 0 Å². The van der Waals surface area contributed by atoms with Crippen molar-refractivity contribution in [3.8, 4) is 0 Å². The molecule has 0 spiro atoms. The first kappa shape index (κ1) is 15.7. The Hall–Kier alpha value is -0.390. The monoisotopic (exact) mass is 264 g/mol. The Morgan fingerprint density at radius 1 is 0.778 bits per heavy atom. The first-order valence-electron chi connectivity index (χ1n) is 7.66. The van der Waals surface area contributed by atoms with Crippen molar-refractivity contribution in [2.24, 2.45) is 0 Å². The smallest absolute Gasteiger partial charge is 0.00601 e. The molecule has 0 heterocycles. The fourth-order valence-electron chi connectivity index (χ4n) is 2.36. The molecule has 0 atom stereocenters. The van der Waals surface area contributed by atoms with Crippen molar-refractivity contribution in [1.29, 1.82) is 0 Å². The van der Waals surface area contributed by atoms with E-state index in [9.17, 15) is 0 Å². The fourth-order valence-corrected chi connectivity index (χ4v) is 2.59. The molecule has 1 rings (SSSR count). The number of rotatable bonds is 12. The maximum Gasteiger partial charge on any atom is -0.00601 e. The number of thiol groups is 1. The second kappa shape index (κ2) is 11.7. The Labute approximate surface area is 119 Å². The van der Waals surface area contributed by atoms with Gasteiger partial charge in [0, 0.05) is 0 Å². The maximum atomic E-state index is 4.23. The topological polar surface area (TPSA) is 0 Å². The Kier molecular flexibility index (Phi) is 10.2. The van der Waals surface area contributed by atoms with E-state index in [1.165, 1.54) is 76.2 Å². The van der Waals surface area contributed by atoms with Crippen LogP contribution in [0.4, 0.5) is 0 Å². The normalized spacial score (nSPS) is 13.3. The molecule has 0 nitrogen and oxygen atoms in total. The summed E-state index contributed by atoms with van der Waals surface area (Å²) in [5.41, 5.74) is 4.66. The zero-order chi connectivity index (χ0) is 12.9. The summed E-state index contributed by atoms with van der Waals surface area (Å²) in [6.45, 7) is 0. The molecule has 0 aliphatic heterocycles. The lowest BCUT2D eigenvalue weighted by Gasteiger charge is -2.02. The summed E-state index contributed by atoms with van der Waals surface area (Å²) in [5, 5.41) is 0. The van der Waals surface area contributed by atoms with E-state index in [4.69, 9.17) is 0 Å². The molecule has 1 heteroatoms. The SMILES string of the molecule is SCCCCCCCCCCCCC1=C=CC=C1. The number of allylic oxidation sites excluding steroid dienone is 3. The van der Waals surface area contributed by atoms with Crippen molar-refractivity contribution >= 4 is 12.6 Å². The first-order valence-corrected chi connectivity index (χ1v) is 8.30. The Morgan fingerprint density at radius 2 is 1.33 bits per heavy atom. The lowest BCUT2D eigenvalue weighted by atomic mass is 10.0. The standard InChI is InChI=1S/C17H28S/c18-16-12-8-6-4-2-1-3-5-7-9-13-17-14-10-11-15-17/h10-11,14,18H,1-9,12-13,16H2. The molecule has 0 saturated heterocycles. The molecule has 0 unspecified atom stereocenters. The van der Waals surface area contributed by atoms with Crippen molar-refractivity contribution in [2.45, 2.75) is 70.6 Å². The highest BCUT2D eigenvalue weighted by atomic mass is 32.1. The average Bonchev–Trinajstić information content (AvgIpc) is 2.89. The van der Waals surface area contributed by atoms with E-state index < -0.39 is 0 Å². The zero-order valence-electron chi connectivity index (χ0n) is 11.7. The predicted octanol–water partition coefficient (Wildman–Crippen LogP) is 5.86. The summed E-state index contributed by atoms with van der Waals surface area (Å²) in [6, 6.07) is 0. The van der Waals surface area contributed by atoms with Crippen LogP contribution in [-0.2, 0) is 0 Å². The van der Waals surface area contributed by atoms with Crippen LogP contribution in [0, 0.1) is 0 Å². The van der Waals surface area contributed by atoms with E-state index in [2.05, 4.69) is 30.5 Å². The molecule has 0 saturated carbocycles. The van der Waals surface area contributed by atoms with Crippen LogP contribution < -0.4 is 0 Å². The van der Waals surface area contributed by atoms with Crippen LogP contribution in [0.1, 0.15) is 70.6 Å². The van der Waals surface area contributed by atoms with Gasteiger partial charge in [0.2, 0.25) is 0 Å². The number of hydrogen-bond acceptors (Lipinski definition) is 1. The van der Waals surface area contributed by atoms with Gasteiger partial charge < -0.3 is 0 Å². The van der Waals surface area contributed by atoms with Crippen molar-refractivity contribution < 1.29 is 0 Å². The van der Waals surface area contributed by atoms with Crippen LogP contribution in [0.5, 0.6) is 0 Å². The zero-order valence-corrected chi connectivity index (χ0v) is 12.6. The fraction of sp³-hybridized carbons (Fsp3) is 0.706. The predicted molar refractivity (Wildman–Crippen MR) is 85.4 cm³/mol. The van der Waals surface area contributed by atoms with Gasteiger partial charge in [-0.05, 0) is 36.7 Å². The summed E-state index contributed by atoms with van der Waals surface area (Å²) in [6.07, 6.45) is 21.4. The van der Waals surface area contributed by atoms with E-state index in [1.54, 1.807) is 0 Å². The van der Waals surface area contributed by atoms with Gasteiger partial charge in [-0.1, -0.05) is 63.5 Å². The van der Waals surface area contributed by atoms with Gasteiger partial charge >= 0.3 is 0 Å². The van der Waals surface area contributed by atoms with Crippen molar-refractivity contribution in [3.63, 3.8) is 0 Å². The van der Waals surface area contributed by atoms with Gasteiger partial charge in [0.05, 0.1) is 0 Å². The molecule has 0 fully saturated rings. The van der Waals surface area contributed by atoms with Crippen LogP contribution in [0.25, 0.3) is 0 Å². The molecule has 0 aromatic heterocycles. The molecule has 0 amide bonds. The minimum Gasteiger partial charge on any atom is -0.179 e. The summed E-state index contributed by atoms with van der Waals surface area (Å²) in [4.78, 5) is 0. The molecular formula is C17H28S. The molecule has 18 heavy (non-hydrogen) atoms. The summed E-state index contributed by atoms with van der Waals surface area (Å²) < 4.78 is 0. The third-order valence-electron chi connectivity index (χ3n) is 3.52. The minimum absolute atomic E-state index is 1.06. The van der Waals surface area contributed by atoms with Crippen LogP contribution >= 0.6 is 12.6 Å². The van der Waals surface area contributed by atoms with Gasteiger partial charge in [-0.2, -0.15) is 12.6 Å². The highest BCUT2D eigenvalue weighted by molar-refractivity contribution is 7.80. The van der Waals surface area contributed by atoms with Crippen molar-refractivity contribution in [2.75, 3.05) is 5.75 Å². The Balaban J connectivity index is 1.73. The third-order valence-corrected chi connectivity index (χ3v) is 3.83. The number of unbranched alkanes of at least 4 members (excludes halogenated alkanes) is 9. The average molecular weight is 264 g/mol. The highest BCUT2D eigenvalue weighted by Gasteiger charge is 1.96. The summed E-state index contributed by atoms with van der Waals surface area (Å²) >= 11 is 4.23. The molecule has 0 bridgehead atoms. The van der Waals surface area contributed by atoms with Gasteiger partial charge in [-0.15, -0.1) is 5.73 Å². The molecule has 0 aromatic carbocycles.